The Morgan fingerprint density at radius 2 is 2.30 bits per heavy atom. The molecule has 2 rings (SSSR count). The molecule has 0 aromatic carbocycles. The van der Waals surface area contributed by atoms with Crippen molar-refractivity contribution < 1.29 is 13.2 Å². The van der Waals surface area contributed by atoms with Crippen LogP contribution in [0.15, 0.2) is 23.6 Å². The van der Waals surface area contributed by atoms with Crippen LogP contribution in [0.1, 0.15) is 5.56 Å². The maximum Gasteiger partial charge on any atom is 0.279 e. The highest BCUT2D eigenvalue weighted by atomic mass is 32.2. The molecule has 4 N–H and O–H groups in total. The van der Waals surface area contributed by atoms with Crippen LogP contribution in [0.4, 0.5) is 5.69 Å². The Balaban J connectivity index is 2.14. The smallest absolute Gasteiger partial charge is 0.279 e. The summed E-state index contributed by atoms with van der Waals surface area (Å²) in [5.74, 6) is 0. The van der Waals surface area contributed by atoms with Crippen LogP contribution in [0, 0.1) is 0 Å². The third-order valence-electron chi connectivity index (χ3n) is 2.58. The van der Waals surface area contributed by atoms with Crippen molar-refractivity contribution in [2.24, 2.45) is 5.73 Å². The van der Waals surface area contributed by atoms with Gasteiger partial charge in [0, 0.05) is 25.4 Å². The zero-order chi connectivity index (χ0) is 14.6. The average Bonchev–Trinajstić information content (AvgIpc) is 3.04. The Hall–Kier alpha value is -1.91. The van der Waals surface area contributed by atoms with Gasteiger partial charge in [0.25, 0.3) is 10.0 Å². The quantitative estimate of drug-likeness (QED) is 0.633. The summed E-state index contributed by atoms with van der Waals surface area (Å²) in [4.78, 5) is 0. The van der Waals surface area contributed by atoms with Crippen LogP contribution in [-0.2, 0) is 27.8 Å². The highest BCUT2D eigenvalue weighted by Gasteiger charge is 2.20. The molecule has 0 unspecified atom stereocenters. The van der Waals surface area contributed by atoms with Crippen molar-refractivity contribution in [3.8, 4) is 0 Å². The SMILES string of the molecule is COCCn1cc(NS(=O)(=O)c2[nH]ncc2CN)cn1. The van der Waals surface area contributed by atoms with Gasteiger partial charge in [-0.05, 0) is 0 Å². The first-order valence-corrected chi connectivity index (χ1v) is 7.31. The lowest BCUT2D eigenvalue weighted by Crippen LogP contribution is -2.16. The minimum absolute atomic E-state index is 0.0374. The number of methoxy groups -OCH3 is 1. The first-order valence-electron chi connectivity index (χ1n) is 5.83. The van der Waals surface area contributed by atoms with E-state index in [1.54, 1.807) is 18.0 Å². The number of nitrogens with two attached hydrogens (primary N) is 1. The van der Waals surface area contributed by atoms with Gasteiger partial charge < -0.3 is 10.5 Å². The standard InChI is InChI=1S/C10H16N6O3S/c1-19-3-2-16-7-9(6-13-16)15-20(17,18)10-8(4-11)5-12-14-10/h5-7,15H,2-4,11H2,1H3,(H,12,14). The number of rotatable bonds is 7. The van der Waals surface area contributed by atoms with E-state index in [2.05, 4.69) is 20.0 Å². The van der Waals surface area contributed by atoms with Gasteiger partial charge in [-0.25, -0.2) is 0 Å². The molecule has 2 aromatic rings. The number of aromatic nitrogens is 4. The highest BCUT2D eigenvalue weighted by molar-refractivity contribution is 7.92. The molecule has 0 aliphatic heterocycles. The number of aromatic amines is 1. The van der Waals surface area contributed by atoms with Crippen molar-refractivity contribution in [1.82, 2.24) is 20.0 Å². The normalized spacial score (nSPS) is 11.7. The van der Waals surface area contributed by atoms with Crippen LogP contribution in [0.25, 0.3) is 0 Å². The third-order valence-corrected chi connectivity index (χ3v) is 3.97. The molecule has 110 valence electrons. The molecule has 0 bridgehead atoms. The van der Waals surface area contributed by atoms with Gasteiger partial charge in [0.05, 0.1) is 31.2 Å². The molecule has 2 aromatic heterocycles. The summed E-state index contributed by atoms with van der Waals surface area (Å²) in [6, 6.07) is 0. The molecule has 0 fully saturated rings. The summed E-state index contributed by atoms with van der Waals surface area (Å²) in [5.41, 5.74) is 6.24. The molecule has 9 nitrogen and oxygen atoms in total. The molecular weight excluding hydrogens is 284 g/mol. The number of hydrogen-bond donors (Lipinski definition) is 3. The van der Waals surface area contributed by atoms with E-state index in [-0.39, 0.29) is 11.6 Å². The van der Waals surface area contributed by atoms with Crippen molar-refractivity contribution in [1.29, 1.82) is 0 Å². The average molecular weight is 300 g/mol. The number of nitrogens with zero attached hydrogens (tertiary/aromatic N) is 3. The minimum Gasteiger partial charge on any atom is -0.383 e. The topological polar surface area (TPSA) is 128 Å². The van der Waals surface area contributed by atoms with Crippen molar-refractivity contribution in [2.45, 2.75) is 18.1 Å². The summed E-state index contributed by atoms with van der Waals surface area (Å²) in [6.07, 6.45) is 4.39. The molecule has 20 heavy (non-hydrogen) atoms. The fourth-order valence-corrected chi connectivity index (χ4v) is 2.78. The number of H-pyrrole nitrogens is 1. The zero-order valence-electron chi connectivity index (χ0n) is 10.9. The molecule has 0 radical (unpaired) electrons. The van der Waals surface area contributed by atoms with Gasteiger partial charge in [-0.3, -0.25) is 14.5 Å². The third kappa shape index (κ3) is 3.15. The van der Waals surface area contributed by atoms with E-state index in [1.807, 2.05) is 0 Å². The van der Waals surface area contributed by atoms with Crippen LogP contribution in [0.2, 0.25) is 0 Å². The van der Waals surface area contributed by atoms with Gasteiger partial charge >= 0.3 is 0 Å². The number of hydrogen-bond acceptors (Lipinski definition) is 6. The van der Waals surface area contributed by atoms with E-state index in [1.165, 1.54) is 12.4 Å². The Bertz CT molecular complexity index is 662. The Morgan fingerprint density at radius 1 is 1.50 bits per heavy atom. The predicted octanol–water partition coefficient (Wildman–Crippen LogP) is -0.488. The molecule has 0 spiro atoms. The maximum atomic E-state index is 12.2. The van der Waals surface area contributed by atoms with Crippen LogP contribution >= 0.6 is 0 Å². The van der Waals surface area contributed by atoms with E-state index < -0.39 is 10.0 Å². The second kappa shape index (κ2) is 6.03. The van der Waals surface area contributed by atoms with Gasteiger partial charge in [-0.15, -0.1) is 0 Å². The fourth-order valence-electron chi connectivity index (χ4n) is 1.61. The summed E-state index contributed by atoms with van der Waals surface area (Å²) in [6.45, 7) is 1.11. The number of nitrogens with one attached hydrogen (secondary N) is 2. The second-order valence-corrected chi connectivity index (χ2v) is 5.64. The van der Waals surface area contributed by atoms with Gasteiger partial charge in [-0.1, -0.05) is 0 Å². The zero-order valence-corrected chi connectivity index (χ0v) is 11.7. The highest BCUT2D eigenvalue weighted by Crippen LogP contribution is 2.16. The molecule has 2 heterocycles. The fraction of sp³-hybridized carbons (Fsp3) is 0.400. The predicted molar refractivity (Wildman–Crippen MR) is 71.4 cm³/mol. The molecule has 0 aliphatic rings. The summed E-state index contributed by atoms with van der Waals surface area (Å²) < 4.78 is 33.2. The Kier molecular flexibility index (Phi) is 4.37. The van der Waals surface area contributed by atoms with Crippen molar-refractivity contribution in [3.05, 3.63) is 24.2 Å². The van der Waals surface area contributed by atoms with Crippen LogP contribution < -0.4 is 10.5 Å². The summed E-state index contributed by atoms with van der Waals surface area (Å²) in [5, 5.41) is 10.1. The lowest BCUT2D eigenvalue weighted by atomic mass is 10.4. The molecule has 0 atom stereocenters. The lowest BCUT2D eigenvalue weighted by Gasteiger charge is -2.05. The number of ether oxygens (including phenoxy) is 1. The van der Waals surface area contributed by atoms with E-state index >= 15 is 0 Å². The Labute approximate surface area is 116 Å². The molecule has 0 aliphatic carbocycles. The number of sulfonamides is 1. The van der Waals surface area contributed by atoms with Gasteiger partial charge in [0.1, 0.15) is 0 Å². The van der Waals surface area contributed by atoms with Crippen LogP contribution in [0.5, 0.6) is 0 Å². The maximum absolute atomic E-state index is 12.2. The second-order valence-electron chi connectivity index (χ2n) is 4.02. The lowest BCUT2D eigenvalue weighted by molar-refractivity contribution is 0.183. The van der Waals surface area contributed by atoms with Crippen molar-refractivity contribution >= 4 is 15.7 Å². The van der Waals surface area contributed by atoms with E-state index in [4.69, 9.17) is 10.5 Å². The van der Waals surface area contributed by atoms with Gasteiger partial charge in [0.2, 0.25) is 0 Å². The van der Waals surface area contributed by atoms with Gasteiger partial charge in [-0.2, -0.15) is 18.6 Å². The monoisotopic (exact) mass is 300 g/mol. The first kappa shape index (κ1) is 14.5. The van der Waals surface area contributed by atoms with Crippen molar-refractivity contribution in [3.63, 3.8) is 0 Å². The summed E-state index contributed by atoms with van der Waals surface area (Å²) >= 11 is 0. The summed E-state index contributed by atoms with van der Waals surface area (Å²) in [7, 11) is -2.17. The van der Waals surface area contributed by atoms with E-state index in [0.717, 1.165) is 0 Å². The van der Waals surface area contributed by atoms with Crippen molar-refractivity contribution in [2.75, 3.05) is 18.4 Å². The van der Waals surface area contributed by atoms with E-state index in [0.29, 0.717) is 24.4 Å². The Morgan fingerprint density at radius 3 is 3.00 bits per heavy atom. The molecule has 0 saturated heterocycles. The minimum atomic E-state index is -3.75. The number of anilines is 1. The molecule has 10 heteroatoms. The van der Waals surface area contributed by atoms with Crippen LogP contribution in [-0.4, -0.2) is 42.1 Å². The first-order chi connectivity index (χ1) is 9.56. The van der Waals surface area contributed by atoms with E-state index in [9.17, 15) is 8.42 Å². The molecule has 0 saturated carbocycles. The van der Waals surface area contributed by atoms with Crippen LogP contribution in [0.3, 0.4) is 0 Å². The van der Waals surface area contributed by atoms with Gasteiger partial charge in [0.15, 0.2) is 5.03 Å². The largest absolute Gasteiger partial charge is 0.383 e. The molecular formula is C10H16N6O3S. The molecule has 0 amide bonds.